The second kappa shape index (κ2) is 13.4. The van der Waals surface area contributed by atoms with Crippen molar-refractivity contribution in [3.63, 3.8) is 0 Å². The maximum Gasteiger partial charge on any atom is 1.00 e. The Kier molecular flexibility index (Phi) is 14.7. The molecule has 0 fully saturated rings. The van der Waals surface area contributed by atoms with Crippen molar-refractivity contribution in [3.05, 3.63) is 0 Å². The van der Waals surface area contributed by atoms with E-state index in [0.717, 1.165) is 19.3 Å². The van der Waals surface area contributed by atoms with Gasteiger partial charge >= 0.3 is 35.5 Å². The average Bonchev–Trinajstić information content (AvgIpc) is 2.36. The quantitative estimate of drug-likeness (QED) is 0.223. The fraction of sp³-hybridized carbons (Fsp3) is 0.882. The van der Waals surface area contributed by atoms with Gasteiger partial charge in [-0.1, -0.05) is 59.3 Å². The average molecular weight is 322 g/mol. The molecule has 0 saturated carbocycles. The minimum Gasteiger partial charge on any atom is -0.550 e. The molecule has 0 aromatic carbocycles. The van der Waals surface area contributed by atoms with Crippen LogP contribution in [0.3, 0.4) is 0 Å². The van der Waals surface area contributed by atoms with Gasteiger partial charge in [-0.15, -0.1) is 0 Å². The van der Waals surface area contributed by atoms with Gasteiger partial charge < -0.3 is 14.6 Å². The van der Waals surface area contributed by atoms with E-state index in [-0.39, 0.29) is 35.5 Å². The number of hydrogen-bond donors (Lipinski definition) is 0. The normalized spacial score (nSPS) is 13.3. The third kappa shape index (κ3) is 11.5. The molecule has 0 radical (unpaired) electrons. The molecule has 0 saturated heterocycles. The smallest absolute Gasteiger partial charge is 0.550 e. The van der Waals surface area contributed by atoms with Crippen LogP contribution in [0.15, 0.2) is 0 Å². The van der Waals surface area contributed by atoms with Crippen LogP contribution in [-0.4, -0.2) is 17.5 Å². The molecular weight excluding hydrogens is 291 g/mol. The zero-order valence-electron chi connectivity index (χ0n) is 15.1. The zero-order valence-corrected chi connectivity index (χ0v) is 17.1. The van der Waals surface area contributed by atoms with Crippen molar-refractivity contribution in [2.75, 3.05) is 0 Å². The molecule has 5 heteroatoms. The molecular formula is C17H31NaO4. The Morgan fingerprint density at radius 2 is 1.55 bits per heavy atom. The van der Waals surface area contributed by atoms with Gasteiger partial charge in [-0.25, -0.2) is 0 Å². The minimum absolute atomic E-state index is 0. The van der Waals surface area contributed by atoms with E-state index in [9.17, 15) is 14.7 Å². The predicted molar refractivity (Wildman–Crippen MR) is 81.6 cm³/mol. The van der Waals surface area contributed by atoms with E-state index in [1.807, 2.05) is 20.8 Å². The van der Waals surface area contributed by atoms with Gasteiger partial charge in [0.05, 0.1) is 12.4 Å². The van der Waals surface area contributed by atoms with Gasteiger partial charge in [-0.05, 0) is 25.7 Å². The summed E-state index contributed by atoms with van der Waals surface area (Å²) in [7, 11) is 0. The maximum atomic E-state index is 11.5. The summed E-state index contributed by atoms with van der Waals surface area (Å²) in [4.78, 5) is 22.0. The predicted octanol–water partition coefficient (Wildman–Crippen LogP) is 0.229. The molecule has 22 heavy (non-hydrogen) atoms. The first-order valence-corrected chi connectivity index (χ1v) is 8.23. The van der Waals surface area contributed by atoms with E-state index in [2.05, 4.69) is 6.92 Å². The number of ether oxygens (including phenoxy) is 1. The summed E-state index contributed by atoms with van der Waals surface area (Å²) in [6, 6.07) is 0. The molecule has 0 N–H and O–H groups in total. The molecule has 1 atom stereocenters. The SMILES string of the molecule is CCCCCCCCCC(C)(OC(=O)CC(=O)[O-])C(C)C.[Na+]. The number of hydrogen-bond acceptors (Lipinski definition) is 4. The topological polar surface area (TPSA) is 66.4 Å². The molecule has 0 bridgehead atoms. The number of rotatable bonds is 12. The fourth-order valence-electron chi connectivity index (χ4n) is 2.30. The molecule has 0 aliphatic rings. The Bertz CT molecular complexity index is 318. The molecule has 1 unspecified atom stereocenters. The van der Waals surface area contributed by atoms with Crippen LogP contribution in [0.4, 0.5) is 0 Å². The Morgan fingerprint density at radius 3 is 2.00 bits per heavy atom. The van der Waals surface area contributed by atoms with E-state index in [4.69, 9.17) is 4.74 Å². The number of esters is 1. The van der Waals surface area contributed by atoms with Crippen LogP contribution in [0.2, 0.25) is 0 Å². The summed E-state index contributed by atoms with van der Waals surface area (Å²) in [6.07, 6.45) is 8.54. The summed E-state index contributed by atoms with van der Waals surface area (Å²) in [5.41, 5.74) is -0.587. The van der Waals surface area contributed by atoms with Gasteiger partial charge in [0, 0.05) is 0 Å². The van der Waals surface area contributed by atoms with E-state index in [1.54, 1.807) is 0 Å². The van der Waals surface area contributed by atoms with Crippen LogP contribution in [0.25, 0.3) is 0 Å². The second-order valence-corrected chi connectivity index (χ2v) is 6.36. The Morgan fingerprint density at radius 1 is 1.05 bits per heavy atom. The number of carbonyl (C=O) groups is 2. The third-order valence-corrected chi connectivity index (χ3v) is 4.13. The number of carbonyl (C=O) groups excluding carboxylic acids is 2. The van der Waals surface area contributed by atoms with Gasteiger partial charge in [0.25, 0.3) is 0 Å². The molecule has 0 rings (SSSR count). The summed E-state index contributed by atoms with van der Waals surface area (Å²) in [5.74, 6) is -1.93. The van der Waals surface area contributed by atoms with Crippen molar-refractivity contribution < 1.29 is 49.0 Å². The Labute approximate surface area is 157 Å². The van der Waals surface area contributed by atoms with Crippen molar-refractivity contribution >= 4 is 11.9 Å². The molecule has 0 heterocycles. The number of unbranched alkanes of at least 4 members (excludes halogenated alkanes) is 6. The minimum atomic E-state index is -1.39. The molecule has 4 nitrogen and oxygen atoms in total. The number of aliphatic carboxylic acids is 1. The van der Waals surface area contributed by atoms with Gasteiger partial charge in [-0.2, -0.15) is 0 Å². The van der Waals surface area contributed by atoms with Crippen LogP contribution in [0.5, 0.6) is 0 Å². The van der Waals surface area contributed by atoms with Crippen LogP contribution in [-0.2, 0) is 14.3 Å². The largest absolute Gasteiger partial charge is 1.00 e. The molecule has 0 amide bonds. The molecule has 0 aromatic heterocycles. The Hall–Kier alpha value is -0.0600. The molecule has 0 spiro atoms. The second-order valence-electron chi connectivity index (χ2n) is 6.36. The fourth-order valence-corrected chi connectivity index (χ4v) is 2.30. The van der Waals surface area contributed by atoms with Gasteiger partial charge in [0.1, 0.15) is 5.60 Å². The van der Waals surface area contributed by atoms with Gasteiger partial charge in [0.2, 0.25) is 0 Å². The van der Waals surface area contributed by atoms with Crippen molar-refractivity contribution in [2.24, 2.45) is 5.92 Å². The van der Waals surface area contributed by atoms with Crippen LogP contribution in [0, 0.1) is 5.92 Å². The van der Waals surface area contributed by atoms with E-state index < -0.39 is 24.0 Å². The van der Waals surface area contributed by atoms with E-state index >= 15 is 0 Å². The number of carboxylic acid groups (broad SMARTS) is 1. The van der Waals surface area contributed by atoms with Crippen LogP contribution < -0.4 is 34.7 Å². The van der Waals surface area contributed by atoms with Crippen molar-refractivity contribution in [1.82, 2.24) is 0 Å². The molecule has 0 aliphatic heterocycles. The molecule has 0 aliphatic carbocycles. The summed E-state index contributed by atoms with van der Waals surface area (Å²) < 4.78 is 5.40. The first-order valence-electron chi connectivity index (χ1n) is 8.23. The van der Waals surface area contributed by atoms with Crippen molar-refractivity contribution in [1.29, 1.82) is 0 Å². The Balaban J connectivity index is 0. The van der Waals surface area contributed by atoms with Crippen molar-refractivity contribution in [2.45, 2.75) is 91.1 Å². The van der Waals surface area contributed by atoms with Crippen LogP contribution >= 0.6 is 0 Å². The first-order chi connectivity index (χ1) is 9.81. The van der Waals surface area contributed by atoms with Crippen molar-refractivity contribution in [3.8, 4) is 0 Å². The summed E-state index contributed by atoms with van der Waals surface area (Å²) >= 11 is 0. The molecule has 0 aromatic rings. The summed E-state index contributed by atoms with van der Waals surface area (Å²) in [6.45, 7) is 8.08. The van der Waals surface area contributed by atoms with Crippen LogP contribution in [0.1, 0.15) is 85.5 Å². The first kappa shape index (κ1) is 24.2. The van der Waals surface area contributed by atoms with Gasteiger partial charge in [-0.3, -0.25) is 4.79 Å². The third-order valence-electron chi connectivity index (χ3n) is 4.13. The monoisotopic (exact) mass is 322 g/mol. The maximum absolute atomic E-state index is 11.5. The standard InChI is InChI=1S/C17H32O4.Na/c1-5-6-7-8-9-10-11-12-17(4,14(2)3)21-16(20)13-15(18)19;/h14H,5-13H2,1-4H3,(H,18,19);/q;+1/p-1. The van der Waals surface area contributed by atoms with Gasteiger partial charge in [0.15, 0.2) is 0 Å². The van der Waals surface area contributed by atoms with E-state index in [0.29, 0.717) is 0 Å². The summed E-state index contributed by atoms with van der Waals surface area (Å²) in [5, 5.41) is 10.4. The van der Waals surface area contributed by atoms with E-state index in [1.165, 1.54) is 32.1 Å². The number of carboxylic acids is 1. The zero-order chi connectivity index (χ0) is 16.3. The molecule has 124 valence electrons.